The van der Waals surface area contributed by atoms with E-state index in [0.29, 0.717) is 28.7 Å². The number of amides is 1. The molecule has 1 fully saturated rings. The molecule has 1 heterocycles. The van der Waals surface area contributed by atoms with Gasteiger partial charge in [0.05, 0.1) is 13.7 Å². The van der Waals surface area contributed by atoms with E-state index in [2.05, 4.69) is 0 Å². The van der Waals surface area contributed by atoms with Crippen molar-refractivity contribution in [3.05, 3.63) is 64.7 Å². The van der Waals surface area contributed by atoms with Gasteiger partial charge in [-0.2, -0.15) is 0 Å². The zero-order valence-corrected chi connectivity index (χ0v) is 17.3. The molecule has 148 valence electrons. The van der Waals surface area contributed by atoms with Gasteiger partial charge in [0, 0.05) is 21.9 Å². The highest BCUT2D eigenvalue weighted by atomic mass is 35.5. The van der Waals surface area contributed by atoms with Crippen LogP contribution < -0.4 is 4.74 Å². The molecular formula is C21H22ClNO4S. The van der Waals surface area contributed by atoms with Gasteiger partial charge in [-0.1, -0.05) is 36.7 Å². The van der Waals surface area contributed by atoms with Crippen LogP contribution >= 0.6 is 23.4 Å². The number of thioether (sulfide) groups is 1. The molecule has 7 heteroatoms. The van der Waals surface area contributed by atoms with Crippen LogP contribution in [-0.2, 0) is 9.53 Å². The van der Waals surface area contributed by atoms with Gasteiger partial charge < -0.3 is 14.4 Å². The molecule has 5 nitrogen and oxygen atoms in total. The van der Waals surface area contributed by atoms with Crippen molar-refractivity contribution in [3.8, 4) is 5.75 Å². The number of methoxy groups -OCH3 is 1. The van der Waals surface area contributed by atoms with Crippen LogP contribution in [0.25, 0.3) is 0 Å². The van der Waals surface area contributed by atoms with Gasteiger partial charge in [-0.3, -0.25) is 4.79 Å². The van der Waals surface area contributed by atoms with Crippen molar-refractivity contribution in [3.63, 3.8) is 0 Å². The number of nitrogens with zero attached hydrogens (tertiary/aromatic N) is 1. The average molecular weight is 420 g/mol. The predicted octanol–water partition coefficient (Wildman–Crippen LogP) is 4.56. The molecule has 28 heavy (non-hydrogen) atoms. The first-order chi connectivity index (χ1) is 13.6. The summed E-state index contributed by atoms with van der Waals surface area (Å²) in [6.07, 6.45) is 0.728. The third-order valence-corrected chi connectivity index (χ3v) is 6.11. The van der Waals surface area contributed by atoms with E-state index in [-0.39, 0.29) is 17.3 Å². The van der Waals surface area contributed by atoms with Gasteiger partial charge in [-0.25, -0.2) is 4.79 Å². The first-order valence-corrected chi connectivity index (χ1v) is 10.5. The Hall–Kier alpha value is -2.18. The van der Waals surface area contributed by atoms with Crippen molar-refractivity contribution in [2.45, 2.75) is 24.8 Å². The zero-order valence-electron chi connectivity index (χ0n) is 15.8. The number of rotatable bonds is 6. The molecule has 1 saturated heterocycles. The Morgan fingerprint density at radius 2 is 1.89 bits per heavy atom. The van der Waals surface area contributed by atoms with E-state index in [1.807, 2.05) is 25.1 Å². The maximum atomic E-state index is 13.4. The summed E-state index contributed by atoms with van der Waals surface area (Å²) in [5.74, 6) is 0.496. The molecule has 2 aromatic rings. The maximum absolute atomic E-state index is 13.4. The monoisotopic (exact) mass is 419 g/mol. The molecule has 1 aliphatic rings. The molecular weight excluding hydrogens is 398 g/mol. The summed E-state index contributed by atoms with van der Waals surface area (Å²) < 4.78 is 10.5. The van der Waals surface area contributed by atoms with Crippen LogP contribution in [0.2, 0.25) is 5.02 Å². The lowest BCUT2D eigenvalue weighted by Gasteiger charge is -2.29. The van der Waals surface area contributed by atoms with E-state index in [0.717, 1.165) is 12.0 Å². The fourth-order valence-electron chi connectivity index (χ4n) is 3.03. The van der Waals surface area contributed by atoms with Gasteiger partial charge in [0.2, 0.25) is 0 Å². The summed E-state index contributed by atoms with van der Waals surface area (Å²) in [6.45, 7) is 2.27. The quantitative estimate of drug-likeness (QED) is 0.642. The third kappa shape index (κ3) is 4.28. The van der Waals surface area contributed by atoms with Crippen LogP contribution in [0.3, 0.4) is 0 Å². The number of hydrogen-bond donors (Lipinski definition) is 0. The van der Waals surface area contributed by atoms with Crippen molar-refractivity contribution in [2.24, 2.45) is 0 Å². The number of hydrogen-bond acceptors (Lipinski definition) is 5. The summed E-state index contributed by atoms with van der Waals surface area (Å²) in [5.41, 5.74) is 1.29. The minimum absolute atomic E-state index is 0.240. The van der Waals surface area contributed by atoms with Gasteiger partial charge in [0.25, 0.3) is 5.91 Å². The molecule has 0 N–H and O–H groups in total. The van der Waals surface area contributed by atoms with Crippen molar-refractivity contribution in [2.75, 3.05) is 19.5 Å². The van der Waals surface area contributed by atoms with Crippen LogP contribution in [0.4, 0.5) is 0 Å². The molecule has 3 rings (SSSR count). The minimum Gasteiger partial charge on any atom is -0.497 e. The Balaban J connectivity index is 1.95. The number of halogens is 1. The number of ether oxygens (including phenoxy) is 2. The molecule has 0 saturated carbocycles. The van der Waals surface area contributed by atoms with E-state index < -0.39 is 6.04 Å². The number of esters is 1. The van der Waals surface area contributed by atoms with Gasteiger partial charge in [-0.15, -0.1) is 11.8 Å². The molecule has 0 radical (unpaired) electrons. The van der Waals surface area contributed by atoms with Crippen LogP contribution in [0.5, 0.6) is 5.75 Å². The summed E-state index contributed by atoms with van der Waals surface area (Å²) in [4.78, 5) is 27.6. The van der Waals surface area contributed by atoms with Gasteiger partial charge >= 0.3 is 5.97 Å². The molecule has 1 amide bonds. The van der Waals surface area contributed by atoms with Crippen molar-refractivity contribution < 1.29 is 19.1 Å². The summed E-state index contributed by atoms with van der Waals surface area (Å²) >= 11 is 7.90. The second-order valence-electron chi connectivity index (χ2n) is 6.33. The van der Waals surface area contributed by atoms with Gasteiger partial charge in [0.15, 0.2) is 0 Å². The molecule has 2 aromatic carbocycles. The fraction of sp³-hybridized carbons (Fsp3) is 0.333. The van der Waals surface area contributed by atoms with Crippen molar-refractivity contribution in [1.82, 2.24) is 4.90 Å². The molecule has 0 aromatic heterocycles. The topological polar surface area (TPSA) is 55.8 Å². The SMILES string of the molecule is CCCOC(=O)[C@@H]1CS[C@@H](c2ccccc2Cl)N1C(=O)c1ccc(OC)cc1. The van der Waals surface area contributed by atoms with Crippen LogP contribution in [0, 0.1) is 0 Å². The Morgan fingerprint density at radius 1 is 1.18 bits per heavy atom. The van der Waals surface area contributed by atoms with Crippen LogP contribution in [-0.4, -0.2) is 42.3 Å². The number of carbonyl (C=O) groups excluding carboxylic acids is 2. The highest BCUT2D eigenvalue weighted by molar-refractivity contribution is 7.99. The predicted molar refractivity (Wildman–Crippen MR) is 111 cm³/mol. The van der Waals surface area contributed by atoms with Crippen molar-refractivity contribution in [1.29, 1.82) is 0 Å². The second-order valence-corrected chi connectivity index (χ2v) is 7.85. The lowest BCUT2D eigenvalue weighted by atomic mass is 10.1. The molecule has 0 spiro atoms. The lowest BCUT2D eigenvalue weighted by molar-refractivity contribution is -0.148. The number of carbonyl (C=O) groups is 2. The minimum atomic E-state index is -0.660. The van der Waals surface area contributed by atoms with Crippen LogP contribution in [0.15, 0.2) is 48.5 Å². The van der Waals surface area contributed by atoms with Gasteiger partial charge in [-0.05, 0) is 36.8 Å². The lowest BCUT2D eigenvalue weighted by Crippen LogP contribution is -2.44. The third-order valence-electron chi connectivity index (χ3n) is 4.46. The smallest absolute Gasteiger partial charge is 0.329 e. The first kappa shape index (κ1) is 20.6. The first-order valence-electron chi connectivity index (χ1n) is 9.06. The average Bonchev–Trinajstić information content (AvgIpc) is 3.16. The van der Waals surface area contributed by atoms with E-state index in [1.165, 1.54) is 11.8 Å². The highest BCUT2D eigenvalue weighted by Crippen LogP contribution is 2.44. The largest absolute Gasteiger partial charge is 0.497 e. The molecule has 0 bridgehead atoms. The van der Waals surface area contributed by atoms with Crippen LogP contribution in [0.1, 0.15) is 34.6 Å². The summed E-state index contributed by atoms with van der Waals surface area (Å²) in [7, 11) is 1.57. The normalized spacial score (nSPS) is 18.8. The zero-order chi connectivity index (χ0) is 20.1. The fourth-order valence-corrected chi connectivity index (χ4v) is 4.79. The Bertz CT molecular complexity index is 843. The second kappa shape index (κ2) is 9.34. The van der Waals surface area contributed by atoms with E-state index in [9.17, 15) is 9.59 Å². The van der Waals surface area contributed by atoms with E-state index >= 15 is 0 Å². The Labute approximate surface area is 174 Å². The van der Waals surface area contributed by atoms with Crippen molar-refractivity contribution >= 4 is 35.2 Å². The van der Waals surface area contributed by atoms with E-state index in [4.69, 9.17) is 21.1 Å². The molecule has 0 unspecified atom stereocenters. The summed E-state index contributed by atoms with van der Waals surface area (Å²) in [6, 6.07) is 13.6. The van der Waals surface area contributed by atoms with E-state index in [1.54, 1.807) is 42.3 Å². The Kier molecular flexibility index (Phi) is 6.86. The maximum Gasteiger partial charge on any atom is 0.329 e. The molecule has 0 aliphatic carbocycles. The Morgan fingerprint density at radius 3 is 2.54 bits per heavy atom. The molecule has 1 aliphatic heterocycles. The van der Waals surface area contributed by atoms with Gasteiger partial charge in [0.1, 0.15) is 17.2 Å². The highest BCUT2D eigenvalue weighted by Gasteiger charge is 2.44. The summed E-state index contributed by atoms with van der Waals surface area (Å²) in [5, 5.41) is 0.206. The standard InChI is InChI=1S/C21H22ClNO4S/c1-3-12-27-21(25)18-13-28-20(16-6-4-5-7-17(16)22)23(18)19(24)14-8-10-15(26-2)11-9-14/h4-11,18,20H,3,12-13H2,1-2H3/t18-,20-/m0/s1. The molecule has 2 atom stereocenters. The number of benzene rings is 2.